The smallest absolute Gasteiger partial charge is 0.125 e. The number of hydrogen-bond donors (Lipinski definition) is 1. The third-order valence-electron chi connectivity index (χ3n) is 6.60. The van der Waals surface area contributed by atoms with Gasteiger partial charge in [-0.3, -0.25) is 0 Å². The number of thiophene rings is 1. The standard InChI is InChI=1S/C28H43NOS/c1-8-25-24-18-28(6,7)13-12-23(24)26(31-25)11-9-10-22-16-20(4)27(21(5)17-22)30-15-14-29-19(2)3/h16-17,19,29H,8-15,18H2,1-7H3. The van der Waals surface area contributed by atoms with Gasteiger partial charge >= 0.3 is 0 Å². The highest BCUT2D eigenvalue weighted by molar-refractivity contribution is 7.12. The number of aryl methyl sites for hydroxylation is 5. The Bertz CT molecular complexity index is 854. The van der Waals surface area contributed by atoms with Gasteiger partial charge in [-0.2, -0.15) is 0 Å². The molecule has 1 heterocycles. The van der Waals surface area contributed by atoms with E-state index in [1.165, 1.54) is 55.2 Å². The van der Waals surface area contributed by atoms with Gasteiger partial charge in [0.05, 0.1) is 0 Å². The fourth-order valence-corrected chi connectivity index (χ4v) is 6.34. The molecule has 1 aliphatic carbocycles. The maximum Gasteiger partial charge on any atom is 0.125 e. The number of ether oxygens (including phenoxy) is 1. The van der Waals surface area contributed by atoms with Crippen molar-refractivity contribution < 1.29 is 4.74 Å². The van der Waals surface area contributed by atoms with Crippen molar-refractivity contribution in [2.75, 3.05) is 13.2 Å². The molecule has 172 valence electrons. The summed E-state index contributed by atoms with van der Waals surface area (Å²) in [5, 5.41) is 3.42. The van der Waals surface area contributed by atoms with Gasteiger partial charge in [-0.1, -0.05) is 46.8 Å². The zero-order chi connectivity index (χ0) is 22.6. The Labute approximate surface area is 194 Å². The van der Waals surface area contributed by atoms with Crippen LogP contribution in [0, 0.1) is 19.3 Å². The van der Waals surface area contributed by atoms with Gasteiger partial charge in [0.25, 0.3) is 0 Å². The first-order valence-electron chi connectivity index (χ1n) is 12.3. The molecule has 31 heavy (non-hydrogen) atoms. The molecule has 1 aromatic carbocycles. The lowest BCUT2D eigenvalue weighted by atomic mass is 9.74. The van der Waals surface area contributed by atoms with Gasteiger partial charge in [-0.05, 0) is 92.0 Å². The summed E-state index contributed by atoms with van der Waals surface area (Å²) in [6.07, 6.45) is 8.69. The van der Waals surface area contributed by atoms with E-state index in [0.29, 0.717) is 11.5 Å². The van der Waals surface area contributed by atoms with Gasteiger partial charge in [-0.15, -0.1) is 11.3 Å². The van der Waals surface area contributed by atoms with Crippen LogP contribution in [0.15, 0.2) is 12.1 Å². The lowest BCUT2D eigenvalue weighted by Crippen LogP contribution is -2.27. The van der Waals surface area contributed by atoms with Gasteiger partial charge in [0.2, 0.25) is 0 Å². The molecule has 1 N–H and O–H groups in total. The van der Waals surface area contributed by atoms with E-state index < -0.39 is 0 Å². The highest BCUT2D eigenvalue weighted by Gasteiger charge is 2.29. The van der Waals surface area contributed by atoms with Crippen molar-refractivity contribution in [2.24, 2.45) is 5.41 Å². The Morgan fingerprint density at radius 2 is 1.77 bits per heavy atom. The van der Waals surface area contributed by atoms with Crippen LogP contribution < -0.4 is 10.1 Å². The van der Waals surface area contributed by atoms with Crippen molar-refractivity contribution in [1.82, 2.24) is 5.32 Å². The van der Waals surface area contributed by atoms with Gasteiger partial charge in [0.1, 0.15) is 12.4 Å². The molecule has 0 unspecified atom stereocenters. The molecular weight excluding hydrogens is 398 g/mol. The van der Waals surface area contributed by atoms with E-state index in [2.05, 4.69) is 77.3 Å². The number of benzene rings is 1. The molecule has 0 saturated carbocycles. The van der Waals surface area contributed by atoms with E-state index in [0.717, 1.165) is 25.3 Å². The van der Waals surface area contributed by atoms with Gasteiger partial charge < -0.3 is 10.1 Å². The molecule has 0 amide bonds. The Balaban J connectivity index is 1.59. The van der Waals surface area contributed by atoms with E-state index in [-0.39, 0.29) is 0 Å². The van der Waals surface area contributed by atoms with E-state index >= 15 is 0 Å². The molecule has 0 saturated heterocycles. The van der Waals surface area contributed by atoms with Crippen molar-refractivity contribution in [1.29, 1.82) is 0 Å². The second-order valence-electron chi connectivity index (χ2n) is 10.5. The summed E-state index contributed by atoms with van der Waals surface area (Å²) in [5.74, 6) is 1.07. The quantitative estimate of drug-likeness (QED) is 0.401. The van der Waals surface area contributed by atoms with Crippen LogP contribution in [0.3, 0.4) is 0 Å². The molecule has 2 nitrogen and oxygen atoms in total. The van der Waals surface area contributed by atoms with E-state index in [9.17, 15) is 0 Å². The lowest BCUT2D eigenvalue weighted by molar-refractivity contribution is 0.305. The minimum absolute atomic E-state index is 0.471. The fourth-order valence-electron chi connectivity index (χ4n) is 4.99. The van der Waals surface area contributed by atoms with Gasteiger partial charge in [-0.25, -0.2) is 0 Å². The largest absolute Gasteiger partial charge is 0.492 e. The highest BCUT2D eigenvalue weighted by atomic mass is 32.1. The lowest BCUT2D eigenvalue weighted by Gasteiger charge is -2.30. The molecule has 0 spiro atoms. The van der Waals surface area contributed by atoms with Crippen LogP contribution in [0.2, 0.25) is 0 Å². The number of fused-ring (bicyclic) bond motifs is 1. The maximum absolute atomic E-state index is 6.08. The van der Waals surface area contributed by atoms with Gasteiger partial charge in [0, 0.05) is 22.3 Å². The second-order valence-corrected chi connectivity index (χ2v) is 11.7. The van der Waals surface area contributed by atoms with Crippen molar-refractivity contribution >= 4 is 11.3 Å². The molecule has 1 aliphatic rings. The maximum atomic E-state index is 6.08. The molecule has 0 atom stereocenters. The minimum Gasteiger partial charge on any atom is -0.492 e. The summed E-state index contributed by atoms with van der Waals surface area (Å²) < 4.78 is 6.08. The Hall–Kier alpha value is -1.32. The summed E-state index contributed by atoms with van der Waals surface area (Å²) in [6, 6.07) is 5.17. The van der Waals surface area contributed by atoms with Crippen LogP contribution in [0.25, 0.3) is 0 Å². The monoisotopic (exact) mass is 441 g/mol. The zero-order valence-electron chi connectivity index (χ0n) is 20.9. The molecule has 3 heteroatoms. The molecule has 0 fully saturated rings. The summed E-state index contributed by atoms with van der Waals surface area (Å²) in [5.41, 5.74) is 7.88. The summed E-state index contributed by atoms with van der Waals surface area (Å²) in [6.45, 7) is 17.5. The van der Waals surface area contributed by atoms with Crippen LogP contribution in [-0.2, 0) is 32.1 Å². The first kappa shape index (κ1) is 24.3. The summed E-state index contributed by atoms with van der Waals surface area (Å²) >= 11 is 2.11. The van der Waals surface area contributed by atoms with Crippen LogP contribution >= 0.6 is 11.3 Å². The van der Waals surface area contributed by atoms with Crippen LogP contribution in [0.4, 0.5) is 0 Å². The average molecular weight is 442 g/mol. The summed E-state index contributed by atoms with van der Waals surface area (Å²) in [4.78, 5) is 3.33. The first-order chi connectivity index (χ1) is 14.7. The molecule has 0 aliphatic heterocycles. The zero-order valence-corrected chi connectivity index (χ0v) is 21.7. The van der Waals surface area contributed by atoms with E-state index in [1.54, 1.807) is 20.9 Å². The van der Waals surface area contributed by atoms with Crippen LogP contribution in [0.1, 0.15) is 85.0 Å². The predicted molar refractivity (Wildman–Crippen MR) is 136 cm³/mol. The molecule has 1 aromatic heterocycles. The molecule has 3 rings (SSSR count). The SMILES string of the molecule is CCc1sc(CCCc2cc(C)c(OCCNC(C)C)c(C)c2)c2c1CC(C)(C)CC2. The second kappa shape index (κ2) is 10.5. The Morgan fingerprint density at radius 1 is 1.06 bits per heavy atom. The molecule has 2 aromatic rings. The van der Waals surface area contributed by atoms with Crippen molar-refractivity contribution in [3.63, 3.8) is 0 Å². The third-order valence-corrected chi connectivity index (χ3v) is 8.08. The average Bonchev–Trinajstić information content (AvgIpc) is 3.02. The fraction of sp³-hybridized carbons (Fsp3) is 0.643. The van der Waals surface area contributed by atoms with E-state index in [1.807, 2.05) is 0 Å². The van der Waals surface area contributed by atoms with E-state index in [4.69, 9.17) is 4.74 Å². The first-order valence-corrected chi connectivity index (χ1v) is 13.1. The number of nitrogens with one attached hydrogen (secondary N) is 1. The molecule has 0 radical (unpaired) electrons. The summed E-state index contributed by atoms with van der Waals surface area (Å²) in [7, 11) is 0. The normalized spacial score (nSPS) is 15.4. The number of hydrogen-bond acceptors (Lipinski definition) is 3. The molecular formula is C28H43NOS. The Kier molecular flexibility index (Phi) is 8.26. The predicted octanol–water partition coefficient (Wildman–Crippen LogP) is 6.99. The Morgan fingerprint density at radius 3 is 2.42 bits per heavy atom. The van der Waals surface area contributed by atoms with Gasteiger partial charge in [0.15, 0.2) is 0 Å². The van der Waals surface area contributed by atoms with Crippen molar-refractivity contribution in [3.8, 4) is 5.75 Å². The third kappa shape index (κ3) is 6.35. The minimum atomic E-state index is 0.471. The molecule has 0 bridgehead atoms. The van der Waals surface area contributed by atoms with Crippen molar-refractivity contribution in [2.45, 2.75) is 99.5 Å². The topological polar surface area (TPSA) is 21.3 Å². The van der Waals surface area contributed by atoms with Crippen molar-refractivity contribution in [3.05, 3.63) is 49.7 Å². The number of rotatable bonds is 10. The van der Waals surface area contributed by atoms with Crippen LogP contribution in [0.5, 0.6) is 5.75 Å². The highest BCUT2D eigenvalue weighted by Crippen LogP contribution is 2.42. The van der Waals surface area contributed by atoms with Crippen LogP contribution in [-0.4, -0.2) is 19.2 Å².